The zero-order valence-electron chi connectivity index (χ0n) is 8.45. The first-order valence-electron chi connectivity index (χ1n) is 4.84. The van der Waals surface area contributed by atoms with Crippen LogP contribution in [0, 0.1) is 17.8 Å². The van der Waals surface area contributed by atoms with Gasteiger partial charge in [-0.25, -0.2) is 0 Å². The molecule has 0 aliphatic carbocycles. The van der Waals surface area contributed by atoms with Crippen LogP contribution in [0.1, 0.15) is 27.7 Å². The molecule has 1 fully saturated rings. The van der Waals surface area contributed by atoms with Crippen LogP contribution < -0.4 is 0 Å². The Bertz CT molecular complexity index is 142. The van der Waals surface area contributed by atoms with Gasteiger partial charge in [0.15, 0.2) is 0 Å². The van der Waals surface area contributed by atoms with Gasteiger partial charge in [-0.2, -0.15) is 0 Å². The third-order valence-corrected chi connectivity index (χ3v) is 3.55. The second-order valence-corrected chi connectivity index (χ2v) is 4.14. The summed E-state index contributed by atoms with van der Waals surface area (Å²) < 4.78 is 5.68. The van der Waals surface area contributed by atoms with Crippen LogP contribution in [0.3, 0.4) is 0 Å². The van der Waals surface area contributed by atoms with Crippen LogP contribution in [0.4, 0.5) is 0 Å². The normalized spacial score (nSPS) is 49.2. The van der Waals surface area contributed by atoms with E-state index < -0.39 is 0 Å². The Labute approximate surface area is 74.9 Å². The van der Waals surface area contributed by atoms with Crippen LogP contribution in [-0.2, 0) is 4.74 Å². The number of aliphatic hydroxyl groups is 1. The number of hydrogen-bond donors (Lipinski definition) is 1. The number of aliphatic hydroxyl groups excluding tert-OH is 1. The summed E-state index contributed by atoms with van der Waals surface area (Å²) in [5, 5.41) is 9.06. The van der Waals surface area contributed by atoms with Crippen molar-refractivity contribution in [1.82, 2.24) is 0 Å². The molecular weight excluding hydrogens is 152 g/mol. The summed E-state index contributed by atoms with van der Waals surface area (Å²) in [5.41, 5.74) is 0. The third-order valence-electron chi connectivity index (χ3n) is 3.55. The van der Waals surface area contributed by atoms with E-state index in [-0.39, 0.29) is 18.8 Å². The molecule has 2 heteroatoms. The van der Waals surface area contributed by atoms with Gasteiger partial charge in [0.1, 0.15) is 0 Å². The van der Waals surface area contributed by atoms with Crippen molar-refractivity contribution in [3.05, 3.63) is 0 Å². The van der Waals surface area contributed by atoms with Crippen molar-refractivity contribution in [2.24, 2.45) is 17.8 Å². The Hall–Kier alpha value is -0.0800. The number of rotatable bonds is 1. The Morgan fingerprint density at radius 1 is 1.00 bits per heavy atom. The molecule has 1 N–H and O–H groups in total. The molecule has 3 unspecified atom stereocenters. The maximum atomic E-state index is 9.06. The molecule has 72 valence electrons. The average molecular weight is 172 g/mol. The Morgan fingerprint density at radius 3 is 2.08 bits per heavy atom. The van der Waals surface area contributed by atoms with Crippen molar-refractivity contribution in [2.45, 2.75) is 39.9 Å². The molecule has 2 nitrogen and oxygen atoms in total. The minimum atomic E-state index is 0.0474. The van der Waals surface area contributed by atoms with Crippen LogP contribution in [0.5, 0.6) is 0 Å². The first kappa shape index (κ1) is 10.0. The van der Waals surface area contributed by atoms with E-state index in [1.54, 1.807) is 0 Å². The van der Waals surface area contributed by atoms with Crippen LogP contribution in [-0.4, -0.2) is 23.9 Å². The molecule has 0 spiro atoms. The summed E-state index contributed by atoms with van der Waals surface area (Å²) in [4.78, 5) is 0. The summed E-state index contributed by atoms with van der Waals surface area (Å²) in [6, 6.07) is 0. The summed E-state index contributed by atoms with van der Waals surface area (Å²) in [5.74, 6) is 1.72. The highest BCUT2D eigenvalue weighted by atomic mass is 16.5. The van der Waals surface area contributed by atoms with E-state index in [2.05, 4.69) is 27.7 Å². The summed E-state index contributed by atoms with van der Waals surface area (Å²) in [6.45, 7) is 8.88. The molecule has 1 saturated heterocycles. The Kier molecular flexibility index (Phi) is 3.13. The van der Waals surface area contributed by atoms with E-state index in [0.29, 0.717) is 17.8 Å². The van der Waals surface area contributed by atoms with E-state index in [1.807, 2.05) is 0 Å². The molecule has 0 saturated carbocycles. The van der Waals surface area contributed by atoms with Crippen molar-refractivity contribution in [1.29, 1.82) is 0 Å². The van der Waals surface area contributed by atoms with Gasteiger partial charge >= 0.3 is 0 Å². The van der Waals surface area contributed by atoms with Gasteiger partial charge < -0.3 is 9.84 Å². The maximum Gasteiger partial charge on any atom is 0.0837 e. The molecule has 0 aromatic rings. The van der Waals surface area contributed by atoms with Gasteiger partial charge in [-0.1, -0.05) is 20.8 Å². The molecule has 0 amide bonds. The molecule has 12 heavy (non-hydrogen) atoms. The second kappa shape index (κ2) is 3.75. The lowest BCUT2D eigenvalue weighted by molar-refractivity contribution is -0.140. The Balaban J connectivity index is 2.63. The molecule has 0 aromatic heterocycles. The number of hydrogen-bond acceptors (Lipinski definition) is 2. The summed E-state index contributed by atoms with van der Waals surface area (Å²) in [7, 11) is 0. The fourth-order valence-corrected chi connectivity index (χ4v) is 1.98. The SMILES string of the molecule is CC1C(C)[C@H](C)OC(CO)[C@H]1C. The number of ether oxygens (including phenoxy) is 1. The van der Waals surface area contributed by atoms with Crippen molar-refractivity contribution < 1.29 is 9.84 Å². The standard InChI is InChI=1S/C10H20O2/c1-6-7(2)9(4)12-10(5-11)8(6)3/h6-11H,5H2,1-4H3/t6?,7?,8-,9-,10?/m0/s1. The van der Waals surface area contributed by atoms with Gasteiger partial charge in [0, 0.05) is 0 Å². The topological polar surface area (TPSA) is 29.5 Å². The predicted molar refractivity (Wildman–Crippen MR) is 48.9 cm³/mol. The van der Waals surface area contributed by atoms with Gasteiger partial charge in [-0.15, -0.1) is 0 Å². The summed E-state index contributed by atoms with van der Waals surface area (Å²) in [6.07, 6.45) is 0.333. The van der Waals surface area contributed by atoms with E-state index in [1.165, 1.54) is 0 Å². The molecule has 0 aromatic carbocycles. The molecule has 5 atom stereocenters. The highest BCUT2D eigenvalue weighted by Crippen LogP contribution is 2.34. The zero-order valence-corrected chi connectivity index (χ0v) is 8.45. The molecule has 1 aliphatic heterocycles. The molecule has 0 radical (unpaired) electrons. The van der Waals surface area contributed by atoms with E-state index in [0.717, 1.165) is 0 Å². The lowest BCUT2D eigenvalue weighted by Gasteiger charge is -2.41. The maximum absolute atomic E-state index is 9.06. The van der Waals surface area contributed by atoms with E-state index >= 15 is 0 Å². The van der Waals surface area contributed by atoms with Gasteiger partial charge in [0.25, 0.3) is 0 Å². The molecule has 1 heterocycles. The minimum Gasteiger partial charge on any atom is -0.394 e. The fourth-order valence-electron chi connectivity index (χ4n) is 1.98. The van der Waals surface area contributed by atoms with Gasteiger partial charge in [0.2, 0.25) is 0 Å². The van der Waals surface area contributed by atoms with Crippen molar-refractivity contribution >= 4 is 0 Å². The van der Waals surface area contributed by atoms with Crippen LogP contribution in [0.25, 0.3) is 0 Å². The van der Waals surface area contributed by atoms with Crippen molar-refractivity contribution in [3.8, 4) is 0 Å². The summed E-state index contributed by atoms with van der Waals surface area (Å²) >= 11 is 0. The van der Waals surface area contributed by atoms with Crippen LogP contribution >= 0.6 is 0 Å². The van der Waals surface area contributed by atoms with Crippen LogP contribution in [0.15, 0.2) is 0 Å². The van der Waals surface area contributed by atoms with Gasteiger partial charge in [0.05, 0.1) is 18.8 Å². The lowest BCUT2D eigenvalue weighted by atomic mass is 9.77. The van der Waals surface area contributed by atoms with E-state index in [4.69, 9.17) is 9.84 Å². The minimum absolute atomic E-state index is 0.0474. The van der Waals surface area contributed by atoms with Crippen LogP contribution in [0.2, 0.25) is 0 Å². The molecule has 1 rings (SSSR count). The first-order valence-corrected chi connectivity index (χ1v) is 4.84. The first-order chi connectivity index (χ1) is 5.57. The quantitative estimate of drug-likeness (QED) is 0.652. The van der Waals surface area contributed by atoms with Crippen molar-refractivity contribution in [3.63, 3.8) is 0 Å². The largest absolute Gasteiger partial charge is 0.394 e. The fraction of sp³-hybridized carbons (Fsp3) is 1.00. The third kappa shape index (κ3) is 1.64. The van der Waals surface area contributed by atoms with Gasteiger partial charge in [-0.05, 0) is 24.7 Å². The lowest BCUT2D eigenvalue weighted by Crippen LogP contribution is -2.44. The Morgan fingerprint density at radius 2 is 1.58 bits per heavy atom. The molecular formula is C10H20O2. The van der Waals surface area contributed by atoms with E-state index in [9.17, 15) is 0 Å². The monoisotopic (exact) mass is 172 g/mol. The highest BCUT2D eigenvalue weighted by Gasteiger charge is 2.36. The predicted octanol–water partition coefficient (Wildman–Crippen LogP) is 1.67. The average Bonchev–Trinajstić information content (AvgIpc) is 2.08. The molecule has 0 bridgehead atoms. The zero-order chi connectivity index (χ0) is 9.30. The molecule has 1 aliphatic rings. The van der Waals surface area contributed by atoms with Gasteiger partial charge in [-0.3, -0.25) is 0 Å². The highest BCUT2D eigenvalue weighted by molar-refractivity contribution is 4.83. The van der Waals surface area contributed by atoms with Crippen molar-refractivity contribution in [2.75, 3.05) is 6.61 Å². The second-order valence-electron chi connectivity index (χ2n) is 4.14. The smallest absolute Gasteiger partial charge is 0.0837 e.